The van der Waals surface area contributed by atoms with Crippen LogP contribution < -0.4 is 10.7 Å². The molecule has 90 valence electrons. The van der Waals surface area contributed by atoms with Gasteiger partial charge < -0.3 is 10.3 Å². The molecule has 0 aliphatic carbocycles. The minimum Gasteiger partial charge on any atom is -0.361 e. The Hall–Kier alpha value is -1.76. The van der Waals surface area contributed by atoms with Crippen LogP contribution in [0.15, 0.2) is 29.3 Å². The van der Waals surface area contributed by atoms with Gasteiger partial charge in [0.15, 0.2) is 5.82 Å². The van der Waals surface area contributed by atoms with Crippen molar-refractivity contribution < 1.29 is 4.39 Å². The van der Waals surface area contributed by atoms with Gasteiger partial charge in [-0.05, 0) is 0 Å². The minimum absolute atomic E-state index is 0.177. The van der Waals surface area contributed by atoms with E-state index in [1.807, 2.05) is 0 Å². The largest absolute Gasteiger partial charge is 0.361 e. The molecule has 0 amide bonds. The van der Waals surface area contributed by atoms with Crippen LogP contribution in [0.4, 0.5) is 10.2 Å². The first-order valence-corrected chi connectivity index (χ1v) is 5.58. The van der Waals surface area contributed by atoms with Crippen molar-refractivity contribution in [1.82, 2.24) is 14.8 Å². The van der Waals surface area contributed by atoms with E-state index in [1.54, 1.807) is 12.3 Å². The van der Waals surface area contributed by atoms with E-state index in [9.17, 15) is 9.18 Å². The summed E-state index contributed by atoms with van der Waals surface area (Å²) in [5.74, 6) is 0.346. The molecule has 17 heavy (non-hydrogen) atoms. The highest BCUT2D eigenvalue weighted by atomic mass is 32.1. The molecular formula is C10H11FN4OS. The van der Waals surface area contributed by atoms with Gasteiger partial charge in [-0.25, -0.2) is 4.39 Å². The summed E-state index contributed by atoms with van der Waals surface area (Å²) in [4.78, 5) is 13.8. The number of aromatic nitrogens is 3. The third-order valence-electron chi connectivity index (χ3n) is 2.19. The standard InChI is InChI=1S/C10H11FN4OS/c11-10-7(12-3-1-8(10)16)5-15-4-2-9(14-15)13-6-17/h1-4,17H,5-6H2,(H,12,16)(H,13,14). The predicted molar refractivity (Wildman–Crippen MR) is 65.8 cm³/mol. The normalized spacial score (nSPS) is 10.5. The van der Waals surface area contributed by atoms with Crippen LogP contribution in [0, 0.1) is 5.82 Å². The third-order valence-corrected chi connectivity index (χ3v) is 2.35. The molecule has 0 atom stereocenters. The van der Waals surface area contributed by atoms with Crippen LogP contribution in [0.25, 0.3) is 0 Å². The second kappa shape index (κ2) is 5.05. The lowest BCUT2D eigenvalue weighted by Crippen LogP contribution is -2.13. The lowest BCUT2D eigenvalue weighted by atomic mass is 10.3. The van der Waals surface area contributed by atoms with E-state index in [1.165, 1.54) is 10.9 Å². The molecule has 0 saturated carbocycles. The van der Waals surface area contributed by atoms with Gasteiger partial charge in [0.05, 0.1) is 18.1 Å². The highest BCUT2D eigenvalue weighted by Crippen LogP contribution is 2.05. The minimum atomic E-state index is -0.772. The number of aromatic amines is 1. The number of thiol groups is 1. The van der Waals surface area contributed by atoms with Crippen LogP contribution in [-0.4, -0.2) is 20.6 Å². The van der Waals surface area contributed by atoms with Gasteiger partial charge in [-0.15, -0.1) is 0 Å². The summed E-state index contributed by atoms with van der Waals surface area (Å²) < 4.78 is 15.0. The van der Waals surface area contributed by atoms with Crippen molar-refractivity contribution in [1.29, 1.82) is 0 Å². The Morgan fingerprint density at radius 1 is 1.53 bits per heavy atom. The van der Waals surface area contributed by atoms with Gasteiger partial charge in [0, 0.05) is 24.5 Å². The van der Waals surface area contributed by atoms with Crippen LogP contribution in [-0.2, 0) is 6.54 Å². The van der Waals surface area contributed by atoms with Crippen molar-refractivity contribution in [3.8, 4) is 0 Å². The van der Waals surface area contributed by atoms with Gasteiger partial charge in [-0.1, -0.05) is 0 Å². The van der Waals surface area contributed by atoms with Crippen molar-refractivity contribution >= 4 is 18.4 Å². The average molecular weight is 254 g/mol. The number of rotatable bonds is 4. The molecule has 2 aromatic heterocycles. The first-order valence-electron chi connectivity index (χ1n) is 4.95. The number of halogens is 1. The summed E-state index contributed by atoms with van der Waals surface area (Å²) in [5.41, 5.74) is -0.419. The van der Waals surface area contributed by atoms with E-state index in [-0.39, 0.29) is 12.2 Å². The van der Waals surface area contributed by atoms with Gasteiger partial charge in [-0.2, -0.15) is 17.7 Å². The van der Waals surface area contributed by atoms with E-state index >= 15 is 0 Å². The number of anilines is 1. The van der Waals surface area contributed by atoms with Gasteiger partial charge in [-0.3, -0.25) is 9.48 Å². The first-order chi connectivity index (χ1) is 8.20. The second-order valence-corrected chi connectivity index (χ2v) is 3.68. The fourth-order valence-corrected chi connectivity index (χ4v) is 1.57. The quantitative estimate of drug-likeness (QED) is 0.564. The summed E-state index contributed by atoms with van der Waals surface area (Å²) in [6, 6.07) is 2.89. The molecule has 0 aromatic carbocycles. The SMILES string of the molecule is O=c1cc[nH]c(Cn2ccc(NCS)n2)c1F. The molecule has 2 heterocycles. The molecule has 0 radical (unpaired) electrons. The number of nitrogens with one attached hydrogen (secondary N) is 2. The van der Waals surface area contributed by atoms with E-state index in [4.69, 9.17) is 0 Å². The number of hydrogen-bond acceptors (Lipinski definition) is 4. The van der Waals surface area contributed by atoms with Gasteiger partial charge in [0.25, 0.3) is 0 Å². The zero-order chi connectivity index (χ0) is 12.3. The van der Waals surface area contributed by atoms with E-state index in [2.05, 4.69) is 28.0 Å². The molecule has 5 nitrogen and oxygen atoms in total. The number of pyridine rings is 1. The van der Waals surface area contributed by atoms with E-state index in [0.717, 1.165) is 6.07 Å². The third kappa shape index (κ3) is 2.68. The van der Waals surface area contributed by atoms with Crippen LogP contribution in [0.1, 0.15) is 5.69 Å². The maximum absolute atomic E-state index is 13.4. The molecular weight excluding hydrogens is 243 g/mol. The van der Waals surface area contributed by atoms with Crippen LogP contribution >= 0.6 is 12.6 Å². The zero-order valence-electron chi connectivity index (χ0n) is 8.85. The van der Waals surface area contributed by atoms with Crippen molar-refractivity contribution in [3.05, 3.63) is 46.3 Å². The Morgan fingerprint density at radius 2 is 2.35 bits per heavy atom. The molecule has 2 rings (SSSR count). The van der Waals surface area contributed by atoms with Gasteiger partial charge >= 0.3 is 0 Å². The molecule has 0 unspecified atom stereocenters. The van der Waals surface area contributed by atoms with Crippen LogP contribution in [0.5, 0.6) is 0 Å². The summed E-state index contributed by atoms with van der Waals surface area (Å²) in [7, 11) is 0. The highest BCUT2D eigenvalue weighted by Gasteiger charge is 2.07. The van der Waals surface area contributed by atoms with E-state index < -0.39 is 11.2 Å². The molecule has 7 heteroatoms. The second-order valence-electron chi connectivity index (χ2n) is 3.37. The van der Waals surface area contributed by atoms with Crippen molar-refractivity contribution in [2.24, 2.45) is 0 Å². The average Bonchev–Trinajstić information content (AvgIpc) is 2.73. The highest BCUT2D eigenvalue weighted by molar-refractivity contribution is 7.80. The summed E-state index contributed by atoms with van der Waals surface area (Å²) in [6.07, 6.45) is 3.10. The Labute approximate surface area is 102 Å². The molecule has 2 N–H and O–H groups in total. The topological polar surface area (TPSA) is 62.7 Å². The maximum atomic E-state index is 13.4. The summed E-state index contributed by atoms with van der Waals surface area (Å²) >= 11 is 4.00. The molecule has 0 aliphatic heterocycles. The van der Waals surface area contributed by atoms with Crippen LogP contribution in [0.2, 0.25) is 0 Å². The molecule has 0 spiro atoms. The molecule has 0 aliphatic rings. The fourth-order valence-electron chi connectivity index (χ4n) is 1.41. The van der Waals surface area contributed by atoms with Crippen LogP contribution in [0.3, 0.4) is 0 Å². The lowest BCUT2D eigenvalue weighted by molar-refractivity contribution is 0.563. The van der Waals surface area contributed by atoms with Gasteiger partial charge in [0.2, 0.25) is 5.43 Å². The molecule has 0 saturated heterocycles. The summed E-state index contributed by atoms with van der Waals surface area (Å²) in [5, 5.41) is 7.04. The molecule has 2 aromatic rings. The Morgan fingerprint density at radius 3 is 3.12 bits per heavy atom. The van der Waals surface area contributed by atoms with Crippen molar-refractivity contribution in [2.75, 3.05) is 11.2 Å². The number of nitrogens with zero attached hydrogens (tertiary/aromatic N) is 2. The van der Waals surface area contributed by atoms with Gasteiger partial charge in [0.1, 0.15) is 5.82 Å². The monoisotopic (exact) mass is 254 g/mol. The number of H-pyrrole nitrogens is 1. The maximum Gasteiger partial charge on any atom is 0.217 e. The Kier molecular flexibility index (Phi) is 3.48. The summed E-state index contributed by atoms with van der Waals surface area (Å²) in [6.45, 7) is 0.177. The smallest absolute Gasteiger partial charge is 0.217 e. The van der Waals surface area contributed by atoms with E-state index in [0.29, 0.717) is 11.7 Å². The molecule has 0 bridgehead atoms. The Bertz CT molecular complexity index is 565. The number of hydrogen-bond donors (Lipinski definition) is 3. The fraction of sp³-hybridized carbons (Fsp3) is 0.200. The lowest BCUT2D eigenvalue weighted by Gasteiger charge is -2.03. The zero-order valence-corrected chi connectivity index (χ0v) is 9.75. The van der Waals surface area contributed by atoms with Crippen molar-refractivity contribution in [2.45, 2.75) is 6.54 Å². The first kappa shape index (κ1) is 11.7. The predicted octanol–water partition coefficient (Wildman–Crippen LogP) is 1.06. The molecule has 0 fully saturated rings. The van der Waals surface area contributed by atoms with Crippen molar-refractivity contribution in [3.63, 3.8) is 0 Å². The Balaban J connectivity index is 2.19.